The van der Waals surface area contributed by atoms with Crippen LogP contribution in [0.4, 0.5) is 4.79 Å². The molecule has 0 aromatic carbocycles. The number of allylic oxidation sites excluding steroid dienone is 1. The van der Waals surface area contributed by atoms with Crippen LogP contribution in [0.2, 0.25) is 0 Å². The molecule has 8 heteroatoms. The summed E-state index contributed by atoms with van der Waals surface area (Å²) in [4.78, 5) is 49.4. The third-order valence-corrected chi connectivity index (χ3v) is 4.89. The van der Waals surface area contributed by atoms with Gasteiger partial charge in [0.2, 0.25) is 5.78 Å². The number of ketones is 1. The minimum atomic E-state index is -1.02. The Morgan fingerprint density at radius 3 is 2.56 bits per heavy atom. The van der Waals surface area contributed by atoms with Crippen LogP contribution in [0.15, 0.2) is 18.7 Å². The van der Waals surface area contributed by atoms with Gasteiger partial charge in [-0.15, -0.1) is 6.58 Å². The third-order valence-electron chi connectivity index (χ3n) is 4.89. The molecule has 1 N–H and O–H groups in total. The van der Waals surface area contributed by atoms with Crippen LogP contribution in [0.3, 0.4) is 0 Å². The Bertz CT molecular complexity index is 811. The molecule has 1 aromatic rings. The van der Waals surface area contributed by atoms with Crippen molar-refractivity contribution < 1.29 is 23.9 Å². The minimum Gasteiger partial charge on any atom is -0.456 e. The monoisotopic (exact) mass is 375 g/mol. The van der Waals surface area contributed by atoms with Crippen LogP contribution in [-0.2, 0) is 20.9 Å². The number of hydrogen-bond acceptors (Lipinski definition) is 5. The summed E-state index contributed by atoms with van der Waals surface area (Å²) in [5, 5.41) is 2.56. The van der Waals surface area contributed by atoms with Crippen molar-refractivity contribution in [3.05, 3.63) is 35.7 Å². The van der Waals surface area contributed by atoms with E-state index in [1.54, 1.807) is 26.0 Å². The second-order valence-electron chi connectivity index (χ2n) is 6.78. The fraction of sp³-hybridized carbons (Fsp3) is 0.474. The average molecular weight is 375 g/mol. The van der Waals surface area contributed by atoms with E-state index in [1.807, 2.05) is 18.4 Å². The van der Waals surface area contributed by atoms with Crippen LogP contribution >= 0.6 is 0 Å². The number of nitrogens with one attached hydrogen (secondary N) is 1. The van der Waals surface area contributed by atoms with Gasteiger partial charge in [0.15, 0.2) is 6.61 Å². The molecule has 1 atom stereocenters. The Hall–Kier alpha value is -2.90. The van der Waals surface area contributed by atoms with Crippen LogP contribution in [0, 0.1) is 13.8 Å². The molecule has 0 unspecified atom stereocenters. The zero-order valence-corrected chi connectivity index (χ0v) is 16.1. The predicted octanol–water partition coefficient (Wildman–Crippen LogP) is 1.74. The highest BCUT2D eigenvalue weighted by atomic mass is 16.5. The van der Waals surface area contributed by atoms with Gasteiger partial charge in [-0.25, -0.2) is 4.79 Å². The molecule has 0 aliphatic carbocycles. The molecule has 1 aliphatic heterocycles. The molecule has 0 saturated carbocycles. The van der Waals surface area contributed by atoms with Crippen molar-refractivity contribution in [2.45, 2.75) is 46.2 Å². The number of carbonyl (C=O) groups excluding carboxylic acids is 4. The summed E-state index contributed by atoms with van der Waals surface area (Å²) < 4.78 is 6.92. The van der Waals surface area contributed by atoms with E-state index in [0.717, 1.165) is 16.3 Å². The predicted molar refractivity (Wildman–Crippen MR) is 98.3 cm³/mol. The van der Waals surface area contributed by atoms with Gasteiger partial charge in [-0.05, 0) is 33.3 Å². The Labute approximate surface area is 158 Å². The molecule has 2 rings (SSSR count). The first-order chi connectivity index (χ1) is 12.6. The molecule has 0 spiro atoms. The summed E-state index contributed by atoms with van der Waals surface area (Å²) in [6.45, 7) is 10.3. The van der Waals surface area contributed by atoms with Crippen LogP contribution in [0.5, 0.6) is 0 Å². The number of aromatic nitrogens is 1. The highest BCUT2D eigenvalue weighted by molar-refractivity contribution is 6.08. The van der Waals surface area contributed by atoms with E-state index in [4.69, 9.17) is 4.74 Å². The molecule has 2 heterocycles. The van der Waals surface area contributed by atoms with Crippen LogP contribution in [0.1, 0.15) is 42.0 Å². The van der Waals surface area contributed by atoms with Gasteiger partial charge in [-0.2, -0.15) is 0 Å². The molecule has 0 bridgehead atoms. The van der Waals surface area contributed by atoms with Crippen molar-refractivity contribution in [1.29, 1.82) is 0 Å². The summed E-state index contributed by atoms with van der Waals surface area (Å²) in [6, 6.07) is 1.10. The number of nitrogens with zero attached hydrogens (tertiary/aromatic N) is 2. The molecule has 8 nitrogen and oxygen atoms in total. The van der Waals surface area contributed by atoms with E-state index >= 15 is 0 Å². The minimum absolute atomic E-state index is 0.345. The first-order valence-electron chi connectivity index (χ1n) is 8.75. The molecule has 1 aliphatic rings. The first kappa shape index (κ1) is 20.4. The largest absolute Gasteiger partial charge is 0.456 e. The van der Waals surface area contributed by atoms with E-state index < -0.39 is 36.6 Å². The van der Waals surface area contributed by atoms with Crippen molar-refractivity contribution in [3.63, 3.8) is 0 Å². The standard InChI is InChI=1S/C19H25N3O5/c1-6-8-21-12(3)9-14(13(21)4)15(23)11-27-16(24)10-22-17(25)19(5,7-2)20-18(22)26/h6,9H,1,7-8,10-11H2,2-5H3,(H,20,26)/t19-/m0/s1. The Morgan fingerprint density at radius 1 is 1.33 bits per heavy atom. The lowest BCUT2D eigenvalue weighted by Crippen LogP contribution is -2.43. The summed E-state index contributed by atoms with van der Waals surface area (Å²) >= 11 is 0. The number of urea groups is 1. The number of imide groups is 1. The van der Waals surface area contributed by atoms with Crippen LogP contribution in [-0.4, -0.2) is 51.8 Å². The van der Waals surface area contributed by atoms with Gasteiger partial charge in [-0.3, -0.25) is 19.3 Å². The average Bonchev–Trinajstić information content (AvgIpc) is 3.02. The molecule has 0 radical (unpaired) electrons. The van der Waals surface area contributed by atoms with Crippen molar-refractivity contribution in [2.75, 3.05) is 13.2 Å². The molecule has 1 aromatic heterocycles. The Morgan fingerprint density at radius 2 is 2.00 bits per heavy atom. The molecule has 1 fully saturated rings. The number of rotatable bonds is 8. The number of ether oxygens (including phenoxy) is 1. The number of amides is 3. The quantitative estimate of drug-likeness (QED) is 0.323. The van der Waals surface area contributed by atoms with Crippen molar-refractivity contribution in [3.8, 4) is 0 Å². The number of hydrogen-bond donors (Lipinski definition) is 1. The highest BCUT2D eigenvalue weighted by Gasteiger charge is 2.47. The van der Waals surface area contributed by atoms with E-state index in [0.29, 0.717) is 18.5 Å². The molecular weight excluding hydrogens is 350 g/mol. The number of Topliss-reactive ketones (excluding diaryl/α,β-unsaturated/α-hetero) is 1. The van der Waals surface area contributed by atoms with Gasteiger partial charge in [0.05, 0.1) is 0 Å². The molecular formula is C19H25N3O5. The van der Waals surface area contributed by atoms with Crippen LogP contribution in [0.25, 0.3) is 0 Å². The van der Waals surface area contributed by atoms with Gasteiger partial charge in [-0.1, -0.05) is 13.0 Å². The van der Waals surface area contributed by atoms with Gasteiger partial charge in [0.1, 0.15) is 12.1 Å². The summed E-state index contributed by atoms with van der Waals surface area (Å²) in [5.74, 6) is -1.64. The maximum Gasteiger partial charge on any atom is 0.326 e. The second-order valence-corrected chi connectivity index (χ2v) is 6.78. The Balaban J connectivity index is 1.97. The Kier molecular flexibility index (Phi) is 5.88. The van der Waals surface area contributed by atoms with Crippen LogP contribution < -0.4 is 5.32 Å². The fourth-order valence-corrected chi connectivity index (χ4v) is 3.02. The van der Waals surface area contributed by atoms with E-state index in [-0.39, 0.29) is 5.78 Å². The normalized spacial score (nSPS) is 19.2. The number of esters is 1. The van der Waals surface area contributed by atoms with Crippen molar-refractivity contribution in [1.82, 2.24) is 14.8 Å². The van der Waals surface area contributed by atoms with E-state index in [2.05, 4.69) is 11.9 Å². The maximum absolute atomic E-state index is 12.4. The highest BCUT2D eigenvalue weighted by Crippen LogP contribution is 2.20. The summed E-state index contributed by atoms with van der Waals surface area (Å²) in [5.41, 5.74) is 1.12. The van der Waals surface area contributed by atoms with E-state index in [1.165, 1.54) is 0 Å². The summed E-state index contributed by atoms with van der Waals surface area (Å²) in [6.07, 6.45) is 2.14. The zero-order valence-electron chi connectivity index (χ0n) is 16.1. The van der Waals surface area contributed by atoms with Gasteiger partial charge >= 0.3 is 12.0 Å². The SMILES string of the molecule is C=CCn1c(C)cc(C(=O)COC(=O)CN2C(=O)N[C@@](C)(CC)C2=O)c1C. The molecule has 27 heavy (non-hydrogen) atoms. The van der Waals surface area contributed by atoms with Gasteiger partial charge in [0, 0.05) is 23.5 Å². The van der Waals surface area contributed by atoms with Crippen molar-refractivity contribution in [2.24, 2.45) is 0 Å². The smallest absolute Gasteiger partial charge is 0.326 e. The lowest BCUT2D eigenvalue weighted by atomic mass is 9.99. The lowest BCUT2D eigenvalue weighted by Gasteiger charge is -2.18. The molecule has 146 valence electrons. The number of aryl methyl sites for hydroxylation is 1. The molecule has 1 saturated heterocycles. The van der Waals surface area contributed by atoms with Gasteiger partial charge < -0.3 is 14.6 Å². The van der Waals surface area contributed by atoms with Crippen molar-refractivity contribution >= 4 is 23.7 Å². The topological polar surface area (TPSA) is 97.7 Å². The third kappa shape index (κ3) is 3.94. The maximum atomic E-state index is 12.4. The second kappa shape index (κ2) is 7.77. The number of carbonyl (C=O) groups is 4. The molecule has 3 amide bonds. The van der Waals surface area contributed by atoms with E-state index in [9.17, 15) is 19.2 Å². The zero-order chi connectivity index (χ0) is 20.4. The lowest BCUT2D eigenvalue weighted by molar-refractivity contribution is -0.146. The fourth-order valence-electron chi connectivity index (χ4n) is 3.02. The first-order valence-corrected chi connectivity index (χ1v) is 8.75. The summed E-state index contributed by atoms with van der Waals surface area (Å²) in [7, 11) is 0. The van der Waals surface area contributed by atoms with Gasteiger partial charge in [0.25, 0.3) is 5.91 Å².